The number of nitrogens with zero attached hydrogens (tertiary/aromatic N) is 4. The van der Waals surface area contributed by atoms with Crippen LogP contribution in [-0.2, 0) is 9.59 Å². The summed E-state index contributed by atoms with van der Waals surface area (Å²) in [4.78, 5) is 53.4. The van der Waals surface area contributed by atoms with Gasteiger partial charge < -0.3 is 0 Å². The topological polar surface area (TPSA) is 113 Å². The predicted octanol–water partition coefficient (Wildman–Crippen LogP) is 3.80. The van der Waals surface area contributed by atoms with Crippen LogP contribution in [0.2, 0.25) is 0 Å². The van der Waals surface area contributed by atoms with E-state index in [-0.39, 0.29) is 16.9 Å². The predicted molar refractivity (Wildman–Crippen MR) is 130 cm³/mol. The van der Waals surface area contributed by atoms with Crippen molar-refractivity contribution in [1.29, 1.82) is 0 Å². The van der Waals surface area contributed by atoms with Crippen molar-refractivity contribution in [2.75, 3.05) is 4.90 Å². The maximum absolute atomic E-state index is 13.9. The van der Waals surface area contributed by atoms with Gasteiger partial charge in [0.1, 0.15) is 11.9 Å². The number of aryl methyl sites for hydroxylation is 1. The molecule has 3 aromatic carbocycles. The molecule has 0 aliphatic carbocycles. The van der Waals surface area contributed by atoms with Gasteiger partial charge in [0.15, 0.2) is 5.78 Å². The summed E-state index contributed by atoms with van der Waals surface area (Å²) in [6.45, 7) is 1.65. The first kappa shape index (κ1) is 22.7. The number of carbonyl (C=O) groups excluding carboxylic acids is 3. The number of amides is 2. The highest BCUT2D eigenvalue weighted by atomic mass is 19.1. The van der Waals surface area contributed by atoms with Gasteiger partial charge in [-0.3, -0.25) is 29.5 Å². The van der Waals surface area contributed by atoms with Crippen molar-refractivity contribution in [3.63, 3.8) is 0 Å². The minimum absolute atomic E-state index is 0.116. The van der Waals surface area contributed by atoms with Gasteiger partial charge in [0.2, 0.25) is 11.8 Å². The Labute approximate surface area is 210 Å². The van der Waals surface area contributed by atoms with E-state index in [1.165, 1.54) is 35.3 Å². The summed E-state index contributed by atoms with van der Waals surface area (Å²) in [5.41, 5.74) is 2.07. The normalized spacial score (nSPS) is 23.6. The summed E-state index contributed by atoms with van der Waals surface area (Å²) < 4.78 is 13.6. The van der Waals surface area contributed by atoms with Crippen molar-refractivity contribution in [2.45, 2.75) is 19.0 Å². The zero-order valence-corrected chi connectivity index (χ0v) is 19.4. The van der Waals surface area contributed by atoms with E-state index < -0.39 is 52.3 Å². The number of fused-ring (bicyclic) bond motifs is 5. The summed E-state index contributed by atoms with van der Waals surface area (Å²) in [7, 11) is 0. The van der Waals surface area contributed by atoms with E-state index in [2.05, 4.69) is 5.10 Å². The second-order valence-electron chi connectivity index (χ2n) is 9.31. The third-order valence-corrected chi connectivity index (χ3v) is 7.33. The quantitative estimate of drug-likeness (QED) is 0.234. The first-order valence-electron chi connectivity index (χ1n) is 11.6. The molecule has 4 atom stereocenters. The van der Waals surface area contributed by atoms with Gasteiger partial charge in [-0.25, -0.2) is 9.29 Å². The second-order valence-corrected chi connectivity index (χ2v) is 9.31. The van der Waals surface area contributed by atoms with Crippen molar-refractivity contribution in [3.05, 3.63) is 105 Å². The van der Waals surface area contributed by atoms with Gasteiger partial charge in [-0.15, -0.1) is 0 Å². The van der Waals surface area contributed by atoms with Gasteiger partial charge in [-0.1, -0.05) is 30.3 Å². The fourth-order valence-electron chi connectivity index (χ4n) is 5.64. The number of nitro benzene ring substituents is 1. The molecule has 2 amide bonds. The number of rotatable bonds is 4. The Hall–Kier alpha value is -4.73. The number of nitro groups is 1. The van der Waals surface area contributed by atoms with Crippen LogP contribution in [-0.4, -0.2) is 39.8 Å². The van der Waals surface area contributed by atoms with E-state index in [0.717, 1.165) is 28.2 Å². The van der Waals surface area contributed by atoms with Crippen LogP contribution in [0, 0.1) is 34.7 Å². The number of ketones is 1. The third kappa shape index (κ3) is 3.29. The first-order chi connectivity index (χ1) is 17.8. The van der Waals surface area contributed by atoms with E-state index in [0.29, 0.717) is 5.56 Å². The number of hydrazone groups is 1. The molecule has 3 aromatic rings. The molecule has 0 radical (unpaired) electrons. The van der Waals surface area contributed by atoms with Gasteiger partial charge >= 0.3 is 0 Å². The number of hydrogen-bond acceptors (Lipinski definition) is 7. The minimum Gasteiger partial charge on any atom is -0.292 e. The zero-order chi connectivity index (χ0) is 26.0. The fourth-order valence-corrected chi connectivity index (χ4v) is 5.64. The van der Waals surface area contributed by atoms with Crippen molar-refractivity contribution < 1.29 is 23.7 Å². The molecular formula is C27H19FN4O5. The van der Waals surface area contributed by atoms with Gasteiger partial charge in [0, 0.05) is 17.7 Å². The molecule has 3 aliphatic heterocycles. The lowest BCUT2D eigenvalue weighted by atomic mass is 9.83. The number of benzene rings is 3. The molecule has 0 unspecified atom stereocenters. The van der Waals surface area contributed by atoms with Crippen LogP contribution in [0.15, 0.2) is 71.8 Å². The van der Waals surface area contributed by atoms with E-state index in [1.807, 2.05) is 24.3 Å². The summed E-state index contributed by atoms with van der Waals surface area (Å²) in [5, 5.41) is 17.4. The Morgan fingerprint density at radius 1 is 1.00 bits per heavy atom. The lowest BCUT2D eigenvalue weighted by Crippen LogP contribution is -2.44. The summed E-state index contributed by atoms with van der Waals surface area (Å²) in [6, 6.07) is 14.5. The van der Waals surface area contributed by atoms with E-state index in [9.17, 15) is 28.9 Å². The lowest BCUT2D eigenvalue weighted by molar-refractivity contribution is -0.384. The van der Waals surface area contributed by atoms with E-state index in [4.69, 9.17) is 0 Å². The molecule has 6 rings (SSSR count). The summed E-state index contributed by atoms with van der Waals surface area (Å²) in [5.74, 6) is -4.18. The summed E-state index contributed by atoms with van der Waals surface area (Å²) >= 11 is 0. The Morgan fingerprint density at radius 2 is 1.70 bits per heavy atom. The molecule has 3 heterocycles. The molecule has 0 spiro atoms. The molecule has 3 aliphatic rings. The van der Waals surface area contributed by atoms with Crippen LogP contribution in [0.25, 0.3) is 0 Å². The highest BCUT2D eigenvalue weighted by Gasteiger charge is 2.65. The smallest absolute Gasteiger partial charge is 0.271 e. The van der Waals surface area contributed by atoms with Crippen LogP contribution in [0.5, 0.6) is 0 Å². The summed E-state index contributed by atoms with van der Waals surface area (Å²) in [6.07, 6.45) is 1.59. The molecule has 9 nitrogen and oxygen atoms in total. The number of halogens is 1. The molecule has 0 saturated carbocycles. The third-order valence-electron chi connectivity index (χ3n) is 7.33. The molecule has 2 saturated heterocycles. The average Bonchev–Trinajstić information content (AvgIpc) is 3.37. The molecular weight excluding hydrogens is 479 g/mol. The van der Waals surface area contributed by atoms with Crippen molar-refractivity contribution in [3.8, 4) is 0 Å². The maximum atomic E-state index is 13.9. The van der Waals surface area contributed by atoms with Gasteiger partial charge in [-0.2, -0.15) is 5.10 Å². The van der Waals surface area contributed by atoms with E-state index >= 15 is 0 Å². The minimum atomic E-state index is -1.12. The van der Waals surface area contributed by atoms with Gasteiger partial charge in [0.05, 0.1) is 34.7 Å². The lowest BCUT2D eigenvalue weighted by Gasteiger charge is -2.34. The van der Waals surface area contributed by atoms with Crippen LogP contribution in [0.4, 0.5) is 15.8 Å². The standard InChI is InChI=1S/C27H19FN4O5/c1-14-6-11-18(32(36)37)12-20(14)30-26(34)21-22(27(30)35)24(25(33)15-7-9-17(28)10-8-15)31-23(21)19-5-3-2-4-16(19)13-29-31/h2-13,21-24H,1H3/t21-,22-,23+,24+/m1/s1. The second kappa shape index (κ2) is 8.16. The molecule has 184 valence electrons. The molecule has 0 bridgehead atoms. The van der Waals surface area contributed by atoms with Crippen LogP contribution < -0.4 is 4.90 Å². The monoisotopic (exact) mass is 498 g/mol. The number of carbonyl (C=O) groups is 3. The van der Waals surface area contributed by atoms with Crippen LogP contribution in [0.1, 0.15) is 33.1 Å². The highest BCUT2D eigenvalue weighted by Crippen LogP contribution is 2.53. The number of anilines is 1. The van der Waals surface area contributed by atoms with Gasteiger partial charge in [-0.05, 0) is 47.9 Å². The molecule has 37 heavy (non-hydrogen) atoms. The Morgan fingerprint density at radius 3 is 2.43 bits per heavy atom. The van der Waals surface area contributed by atoms with Crippen molar-refractivity contribution in [1.82, 2.24) is 5.01 Å². The average molecular weight is 498 g/mol. The number of non-ortho nitro benzene ring substituents is 1. The number of hydrogen-bond donors (Lipinski definition) is 0. The highest BCUT2D eigenvalue weighted by molar-refractivity contribution is 6.25. The SMILES string of the molecule is Cc1ccc([N+](=O)[O-])cc1N1C(=O)[C@@H]2[C@@H](C1=O)[C@@H]1c3ccccc3C=NN1[C@@H]2C(=O)c1ccc(F)cc1. The van der Waals surface area contributed by atoms with E-state index in [1.54, 1.807) is 13.1 Å². The first-order valence-corrected chi connectivity index (χ1v) is 11.6. The largest absolute Gasteiger partial charge is 0.292 e. The van der Waals surface area contributed by atoms with Crippen LogP contribution in [0.3, 0.4) is 0 Å². The van der Waals surface area contributed by atoms with Crippen molar-refractivity contribution in [2.24, 2.45) is 16.9 Å². The van der Waals surface area contributed by atoms with Crippen molar-refractivity contribution >= 4 is 35.2 Å². The fraction of sp³-hybridized carbons (Fsp3) is 0.185. The molecule has 2 fully saturated rings. The Kier molecular flexibility index (Phi) is 5.01. The molecule has 10 heteroatoms. The molecule has 0 N–H and O–H groups in total. The Bertz CT molecular complexity index is 1540. The van der Waals surface area contributed by atoms with Crippen LogP contribution >= 0.6 is 0 Å². The molecule has 0 aromatic heterocycles. The maximum Gasteiger partial charge on any atom is 0.271 e. The Balaban J connectivity index is 1.51. The number of imide groups is 1. The van der Waals surface area contributed by atoms with Gasteiger partial charge in [0.25, 0.3) is 5.69 Å². The number of Topliss-reactive ketones (excluding diaryl/α,β-unsaturated/α-hetero) is 1. The zero-order valence-electron chi connectivity index (χ0n) is 19.4.